The summed E-state index contributed by atoms with van der Waals surface area (Å²) in [5.74, 6) is -1.89. The molecule has 4 atom stereocenters. The highest BCUT2D eigenvalue weighted by molar-refractivity contribution is 5.75. The number of likely N-dealkylation sites (N-methyl/N-ethyl adjacent to an activating group) is 1. The maximum atomic E-state index is 11.5. The smallest absolute Gasteiger partial charge is 0.309 e. The summed E-state index contributed by atoms with van der Waals surface area (Å²) < 4.78 is 0. The van der Waals surface area contributed by atoms with Crippen LogP contribution in [0.5, 0.6) is 11.5 Å². The molecule has 1 aliphatic carbocycles. The van der Waals surface area contributed by atoms with Gasteiger partial charge in [-0.1, -0.05) is 20.8 Å². The van der Waals surface area contributed by atoms with Crippen LogP contribution >= 0.6 is 0 Å². The van der Waals surface area contributed by atoms with Gasteiger partial charge in [0.05, 0.1) is 5.92 Å². The molecular weight excluding hydrogens is 334 g/mol. The Kier molecular flexibility index (Phi) is 5.56. The molecule has 7 heteroatoms. The first-order chi connectivity index (χ1) is 11.9. The van der Waals surface area contributed by atoms with Crippen LogP contribution in [0, 0.1) is 5.92 Å². The summed E-state index contributed by atoms with van der Waals surface area (Å²) in [7, 11) is 5.43. The van der Waals surface area contributed by atoms with E-state index in [0.717, 1.165) is 0 Å². The van der Waals surface area contributed by atoms with Crippen LogP contribution in [-0.2, 0) is 16.8 Å². The number of carbonyl (C=O) groups is 1. The fourth-order valence-corrected chi connectivity index (χ4v) is 4.10. The highest BCUT2D eigenvalue weighted by Gasteiger charge is 2.53. The Morgan fingerprint density at radius 3 is 2.31 bits per heavy atom. The molecule has 6 N–H and O–H groups in total. The number of nitrogens with two attached hydrogens (primary N) is 1. The molecule has 0 saturated heterocycles. The summed E-state index contributed by atoms with van der Waals surface area (Å²) >= 11 is 0. The number of nitrogens with zero attached hydrogens (tertiary/aromatic N) is 1. The Balaban J connectivity index is 2.64. The summed E-state index contributed by atoms with van der Waals surface area (Å²) in [6, 6.07) is 0.693. The molecule has 0 bridgehead atoms. The second-order valence-electron chi connectivity index (χ2n) is 8.46. The van der Waals surface area contributed by atoms with E-state index < -0.39 is 23.3 Å². The molecule has 26 heavy (non-hydrogen) atoms. The maximum absolute atomic E-state index is 11.5. The normalized spacial score (nSPS) is 26.0. The van der Waals surface area contributed by atoms with Crippen LogP contribution in [0.2, 0.25) is 0 Å². The molecule has 146 valence electrons. The number of phenolic OH excluding ortho intramolecular Hbond substituents is 2. The van der Waals surface area contributed by atoms with Crippen molar-refractivity contribution in [1.29, 1.82) is 0 Å². The average Bonchev–Trinajstić information content (AvgIpc) is 2.46. The fraction of sp³-hybridized carbons (Fsp3) is 0.632. The minimum absolute atomic E-state index is 0.0000260. The number of carboxylic acid groups (broad SMARTS) is 1. The first kappa shape index (κ1) is 20.5. The van der Waals surface area contributed by atoms with Crippen molar-refractivity contribution in [2.45, 2.75) is 50.7 Å². The van der Waals surface area contributed by atoms with E-state index in [1.807, 2.05) is 39.8 Å². The number of hydrogen-bond donors (Lipinski definition) is 5. The number of phenols is 2. The standard InChI is InChI=1S/C19H31N3O4/c1-19(2,3)14-9(7-11(23)10(17(14)24)8-22(5)6)12-15(20)13(18(25)26)16(12)21-4/h7,12-13,15-16,21,23-24H,8,20H2,1-6H3,(H,25,26). The summed E-state index contributed by atoms with van der Waals surface area (Å²) in [5.41, 5.74) is 7.68. The number of aromatic hydroxyl groups is 2. The third-order valence-electron chi connectivity index (χ3n) is 5.22. The molecule has 4 unspecified atom stereocenters. The molecular formula is C19H31N3O4. The monoisotopic (exact) mass is 365 g/mol. The van der Waals surface area contributed by atoms with Gasteiger partial charge in [-0.2, -0.15) is 0 Å². The Hall–Kier alpha value is -1.83. The first-order valence-electron chi connectivity index (χ1n) is 8.80. The van der Waals surface area contributed by atoms with Gasteiger partial charge in [-0.25, -0.2) is 0 Å². The van der Waals surface area contributed by atoms with Crippen LogP contribution in [0.1, 0.15) is 43.4 Å². The molecule has 0 amide bonds. The third-order valence-corrected chi connectivity index (χ3v) is 5.22. The van der Waals surface area contributed by atoms with E-state index in [1.165, 1.54) is 0 Å². The molecule has 0 radical (unpaired) electrons. The maximum Gasteiger partial charge on any atom is 0.309 e. The number of benzene rings is 1. The zero-order valence-electron chi connectivity index (χ0n) is 16.4. The second-order valence-corrected chi connectivity index (χ2v) is 8.46. The van der Waals surface area contributed by atoms with Gasteiger partial charge in [-0.15, -0.1) is 0 Å². The van der Waals surface area contributed by atoms with Gasteiger partial charge in [0, 0.05) is 35.7 Å². The van der Waals surface area contributed by atoms with E-state index in [9.17, 15) is 20.1 Å². The first-order valence-corrected chi connectivity index (χ1v) is 8.80. The van der Waals surface area contributed by atoms with Crippen molar-refractivity contribution in [3.05, 3.63) is 22.8 Å². The van der Waals surface area contributed by atoms with E-state index >= 15 is 0 Å². The Bertz CT molecular complexity index is 697. The lowest BCUT2D eigenvalue weighted by atomic mass is 9.60. The van der Waals surface area contributed by atoms with Crippen LogP contribution in [0.4, 0.5) is 0 Å². The molecule has 2 rings (SSSR count). The minimum Gasteiger partial charge on any atom is -0.507 e. The summed E-state index contributed by atoms with van der Waals surface area (Å²) in [4.78, 5) is 13.4. The van der Waals surface area contributed by atoms with Gasteiger partial charge in [0.15, 0.2) is 0 Å². The molecule has 0 aromatic heterocycles. The summed E-state index contributed by atoms with van der Waals surface area (Å²) in [6.07, 6.45) is 0. The number of hydrogen-bond acceptors (Lipinski definition) is 6. The van der Waals surface area contributed by atoms with Crippen molar-refractivity contribution >= 4 is 5.97 Å². The van der Waals surface area contributed by atoms with E-state index in [1.54, 1.807) is 13.1 Å². The summed E-state index contributed by atoms with van der Waals surface area (Å²) in [6.45, 7) is 6.34. The van der Waals surface area contributed by atoms with Crippen LogP contribution < -0.4 is 11.1 Å². The van der Waals surface area contributed by atoms with Crippen LogP contribution in [-0.4, -0.2) is 59.4 Å². The van der Waals surface area contributed by atoms with Crippen molar-refractivity contribution < 1.29 is 20.1 Å². The zero-order valence-corrected chi connectivity index (χ0v) is 16.4. The molecule has 1 aromatic rings. The molecule has 0 aliphatic heterocycles. The second kappa shape index (κ2) is 7.06. The molecule has 1 saturated carbocycles. The zero-order chi connectivity index (χ0) is 20.0. The highest BCUT2D eigenvalue weighted by Crippen LogP contribution is 2.49. The van der Waals surface area contributed by atoms with Crippen molar-refractivity contribution in [2.24, 2.45) is 11.7 Å². The largest absolute Gasteiger partial charge is 0.507 e. The van der Waals surface area contributed by atoms with Gasteiger partial charge in [0.2, 0.25) is 0 Å². The van der Waals surface area contributed by atoms with Crippen LogP contribution in [0.3, 0.4) is 0 Å². The summed E-state index contributed by atoms with van der Waals surface area (Å²) in [5, 5.41) is 34.0. The van der Waals surface area contributed by atoms with E-state index in [0.29, 0.717) is 23.2 Å². The van der Waals surface area contributed by atoms with Gasteiger partial charge in [0.1, 0.15) is 11.5 Å². The molecule has 1 aromatic carbocycles. The Labute approximate surface area is 154 Å². The number of rotatable bonds is 5. The minimum atomic E-state index is -0.942. The highest BCUT2D eigenvalue weighted by atomic mass is 16.4. The SMILES string of the molecule is CNC1C(C(=O)O)C(N)C1c1cc(O)c(CN(C)C)c(O)c1C(C)(C)C. The molecule has 7 nitrogen and oxygen atoms in total. The van der Waals surface area contributed by atoms with Gasteiger partial charge in [0.25, 0.3) is 0 Å². The van der Waals surface area contributed by atoms with Crippen LogP contribution in [0.25, 0.3) is 0 Å². The molecule has 0 heterocycles. The topological polar surface area (TPSA) is 119 Å². The molecule has 1 aliphatic rings. The number of nitrogens with one attached hydrogen (secondary N) is 1. The number of aliphatic carboxylic acids is 1. The third kappa shape index (κ3) is 3.39. The van der Waals surface area contributed by atoms with Crippen molar-refractivity contribution in [2.75, 3.05) is 21.1 Å². The predicted molar refractivity (Wildman–Crippen MR) is 101 cm³/mol. The van der Waals surface area contributed by atoms with Crippen LogP contribution in [0.15, 0.2) is 6.07 Å². The lowest BCUT2D eigenvalue weighted by molar-refractivity contribution is -0.148. The quantitative estimate of drug-likeness (QED) is 0.531. The number of carboxylic acids is 1. The van der Waals surface area contributed by atoms with Gasteiger partial charge < -0.3 is 31.3 Å². The predicted octanol–water partition coefficient (Wildman–Crippen LogP) is 1.17. The molecule has 0 spiro atoms. The Morgan fingerprint density at radius 2 is 1.88 bits per heavy atom. The van der Waals surface area contributed by atoms with Crippen molar-refractivity contribution in [1.82, 2.24) is 10.2 Å². The average molecular weight is 365 g/mol. The van der Waals surface area contributed by atoms with E-state index in [-0.39, 0.29) is 23.5 Å². The van der Waals surface area contributed by atoms with Crippen molar-refractivity contribution in [3.8, 4) is 11.5 Å². The lowest BCUT2D eigenvalue weighted by Gasteiger charge is -2.49. The fourth-order valence-electron chi connectivity index (χ4n) is 4.10. The van der Waals surface area contributed by atoms with Gasteiger partial charge >= 0.3 is 5.97 Å². The Morgan fingerprint density at radius 1 is 1.31 bits per heavy atom. The van der Waals surface area contributed by atoms with Crippen molar-refractivity contribution in [3.63, 3.8) is 0 Å². The molecule has 1 fully saturated rings. The van der Waals surface area contributed by atoms with E-state index in [2.05, 4.69) is 5.32 Å². The van der Waals surface area contributed by atoms with Gasteiger partial charge in [-0.05, 0) is 38.2 Å². The van der Waals surface area contributed by atoms with Gasteiger partial charge in [-0.3, -0.25) is 4.79 Å². The lowest BCUT2D eigenvalue weighted by Crippen LogP contribution is -2.66. The van der Waals surface area contributed by atoms with E-state index in [4.69, 9.17) is 5.73 Å².